The molecule has 5 atom stereocenters. The summed E-state index contributed by atoms with van der Waals surface area (Å²) in [6, 6.07) is 14.5. The minimum atomic E-state index is -2.03. The molecule has 0 amide bonds. The highest BCUT2D eigenvalue weighted by Crippen LogP contribution is 2.60. The van der Waals surface area contributed by atoms with Crippen molar-refractivity contribution < 1.29 is 28.7 Å². The molecule has 7 rings (SSSR count). The standard InChI is InChI=1S/C30H23Br2NO6S/c1-14-12-18-27(40-14)29(37)30(28(18)36)23-22(26(39-30)16-4-7-19(31)20(32)13-16)24(34)21(25(23)35)15-2-5-17(6-3-15)33-8-10-38-11-9-33/h2-7,12-13,21-23,26H,8-11H2,1H3/t21?,22?,23?,26-,30?/m0/s1. The van der Waals surface area contributed by atoms with Gasteiger partial charge in [0.15, 0.2) is 11.6 Å². The number of carbonyl (C=O) groups is 4. The molecular weight excluding hydrogens is 662 g/mol. The first-order chi connectivity index (χ1) is 19.2. The van der Waals surface area contributed by atoms with Crippen LogP contribution < -0.4 is 4.90 Å². The number of rotatable bonds is 3. The summed E-state index contributed by atoms with van der Waals surface area (Å²) in [7, 11) is 0. The summed E-state index contributed by atoms with van der Waals surface area (Å²) < 4.78 is 13.4. The normalized spacial score (nSPS) is 29.5. The quantitative estimate of drug-likeness (QED) is 0.338. The number of halogens is 2. The van der Waals surface area contributed by atoms with Gasteiger partial charge in [-0.3, -0.25) is 19.2 Å². The van der Waals surface area contributed by atoms with Crippen molar-refractivity contribution in [2.45, 2.75) is 24.5 Å². The zero-order chi connectivity index (χ0) is 27.9. The van der Waals surface area contributed by atoms with Crippen LogP contribution in [0.15, 0.2) is 57.5 Å². The Bertz CT molecular complexity index is 1580. The highest BCUT2D eigenvalue weighted by molar-refractivity contribution is 9.13. The van der Waals surface area contributed by atoms with Gasteiger partial charge in [0.25, 0.3) is 0 Å². The van der Waals surface area contributed by atoms with Gasteiger partial charge >= 0.3 is 0 Å². The molecule has 0 bridgehead atoms. The smallest absolute Gasteiger partial charge is 0.214 e. The number of Topliss-reactive ketones (excluding diaryl/α,β-unsaturated/α-hetero) is 4. The van der Waals surface area contributed by atoms with Crippen molar-refractivity contribution in [2.24, 2.45) is 11.8 Å². The van der Waals surface area contributed by atoms with Gasteiger partial charge < -0.3 is 14.4 Å². The van der Waals surface area contributed by atoms with Crippen LogP contribution in [0.4, 0.5) is 5.69 Å². The fraction of sp³-hybridized carbons (Fsp3) is 0.333. The second-order valence-electron chi connectivity index (χ2n) is 10.6. The molecule has 10 heteroatoms. The molecule has 4 unspecified atom stereocenters. The average molecular weight is 685 g/mol. The first-order valence-electron chi connectivity index (χ1n) is 13.1. The topological polar surface area (TPSA) is 90.0 Å². The summed E-state index contributed by atoms with van der Waals surface area (Å²) in [6.45, 7) is 4.66. The van der Waals surface area contributed by atoms with Crippen molar-refractivity contribution in [3.8, 4) is 0 Å². The van der Waals surface area contributed by atoms with E-state index in [1.165, 1.54) is 11.3 Å². The van der Waals surface area contributed by atoms with Crippen molar-refractivity contribution in [3.63, 3.8) is 0 Å². The number of benzene rings is 2. The molecule has 204 valence electrons. The molecule has 2 saturated heterocycles. The van der Waals surface area contributed by atoms with Crippen LogP contribution in [-0.4, -0.2) is 55.0 Å². The van der Waals surface area contributed by atoms with Gasteiger partial charge in [-0.25, -0.2) is 0 Å². The van der Waals surface area contributed by atoms with Crippen LogP contribution in [0.2, 0.25) is 0 Å². The summed E-state index contributed by atoms with van der Waals surface area (Å²) in [5, 5.41) is 0. The number of ether oxygens (including phenoxy) is 2. The van der Waals surface area contributed by atoms with E-state index in [0.29, 0.717) is 29.2 Å². The van der Waals surface area contributed by atoms with E-state index in [2.05, 4.69) is 36.8 Å². The molecule has 1 saturated carbocycles. The van der Waals surface area contributed by atoms with Crippen LogP contribution in [0.25, 0.3) is 0 Å². The van der Waals surface area contributed by atoms with Crippen LogP contribution in [-0.2, 0) is 19.1 Å². The van der Waals surface area contributed by atoms with Gasteiger partial charge in [-0.15, -0.1) is 11.3 Å². The summed E-state index contributed by atoms with van der Waals surface area (Å²) in [4.78, 5) is 59.7. The third-order valence-corrected chi connectivity index (χ3v) is 11.4. The molecule has 4 aliphatic rings. The number of nitrogens with zero attached hydrogens (tertiary/aromatic N) is 1. The number of anilines is 1. The van der Waals surface area contributed by atoms with Gasteiger partial charge in [-0.2, -0.15) is 0 Å². The fourth-order valence-electron chi connectivity index (χ4n) is 6.68. The Hall–Kier alpha value is -2.50. The van der Waals surface area contributed by atoms with Gasteiger partial charge in [0.05, 0.1) is 36.0 Å². The Balaban J connectivity index is 1.32. The number of morpholine rings is 1. The molecule has 2 aromatic carbocycles. The third kappa shape index (κ3) is 3.66. The summed E-state index contributed by atoms with van der Waals surface area (Å²) in [6.07, 6.45) is -0.925. The molecule has 40 heavy (non-hydrogen) atoms. The summed E-state index contributed by atoms with van der Waals surface area (Å²) >= 11 is 8.20. The monoisotopic (exact) mass is 683 g/mol. The van der Waals surface area contributed by atoms with E-state index in [0.717, 1.165) is 32.6 Å². The number of hydrogen-bond donors (Lipinski definition) is 0. The number of thiophene rings is 1. The molecule has 0 radical (unpaired) electrons. The van der Waals surface area contributed by atoms with Crippen molar-refractivity contribution in [1.82, 2.24) is 0 Å². The lowest BCUT2D eigenvalue weighted by Crippen LogP contribution is -2.49. The first kappa shape index (κ1) is 26.4. The van der Waals surface area contributed by atoms with Gasteiger partial charge in [0.2, 0.25) is 17.2 Å². The Morgan fingerprint density at radius 3 is 2.25 bits per heavy atom. The van der Waals surface area contributed by atoms with Crippen molar-refractivity contribution in [3.05, 3.63) is 83.9 Å². The lowest BCUT2D eigenvalue weighted by molar-refractivity contribution is -0.129. The van der Waals surface area contributed by atoms with Crippen molar-refractivity contribution in [1.29, 1.82) is 0 Å². The number of fused-ring (bicyclic) bond motifs is 3. The average Bonchev–Trinajstić information content (AvgIpc) is 3.65. The van der Waals surface area contributed by atoms with Crippen LogP contribution >= 0.6 is 43.2 Å². The molecule has 2 aliphatic carbocycles. The highest BCUT2D eigenvalue weighted by atomic mass is 79.9. The Labute approximate surface area is 251 Å². The minimum absolute atomic E-state index is 0.280. The SMILES string of the molecule is Cc1cc2c(s1)C(=O)C1(O[C@@H](c3ccc(Br)c(Br)c3)C3C(=O)C(c4ccc(N5CCOCC5)cc4)C(=O)C31)C2=O. The maximum atomic E-state index is 14.2. The number of aryl methyl sites for hydroxylation is 1. The van der Waals surface area contributed by atoms with Crippen LogP contribution in [0.3, 0.4) is 0 Å². The molecule has 2 aliphatic heterocycles. The molecule has 1 aromatic heterocycles. The molecule has 3 heterocycles. The summed E-state index contributed by atoms with van der Waals surface area (Å²) in [5.41, 5.74) is 0.430. The number of carbonyl (C=O) groups excluding carboxylic acids is 4. The van der Waals surface area contributed by atoms with Crippen LogP contribution in [0.5, 0.6) is 0 Å². The van der Waals surface area contributed by atoms with E-state index in [-0.39, 0.29) is 11.3 Å². The predicted molar refractivity (Wildman–Crippen MR) is 155 cm³/mol. The Morgan fingerprint density at radius 1 is 0.875 bits per heavy atom. The van der Waals surface area contributed by atoms with Gasteiger partial charge in [0.1, 0.15) is 5.92 Å². The highest BCUT2D eigenvalue weighted by Gasteiger charge is 2.75. The second kappa shape index (κ2) is 9.52. The molecule has 3 aromatic rings. The zero-order valence-electron chi connectivity index (χ0n) is 21.3. The molecule has 3 fully saturated rings. The maximum Gasteiger partial charge on any atom is 0.214 e. The first-order valence-corrected chi connectivity index (χ1v) is 15.5. The largest absolute Gasteiger partial charge is 0.378 e. The van der Waals surface area contributed by atoms with Gasteiger partial charge in [-0.05, 0) is 80.2 Å². The molecule has 7 nitrogen and oxygen atoms in total. The third-order valence-electron chi connectivity index (χ3n) is 8.50. The van der Waals surface area contributed by atoms with E-state index in [1.807, 2.05) is 37.3 Å². The van der Waals surface area contributed by atoms with E-state index in [1.54, 1.807) is 18.2 Å². The van der Waals surface area contributed by atoms with E-state index < -0.39 is 46.8 Å². The van der Waals surface area contributed by atoms with Gasteiger partial charge in [0, 0.05) is 38.2 Å². The summed E-state index contributed by atoms with van der Waals surface area (Å²) in [5.74, 6) is -5.01. The lowest BCUT2D eigenvalue weighted by Gasteiger charge is -2.29. The van der Waals surface area contributed by atoms with E-state index in [4.69, 9.17) is 9.47 Å². The predicted octanol–water partition coefficient (Wildman–Crippen LogP) is 5.48. The Kier molecular flexibility index (Phi) is 6.29. The molecule has 1 spiro atoms. The van der Waals surface area contributed by atoms with Crippen LogP contribution in [0.1, 0.15) is 48.1 Å². The van der Waals surface area contributed by atoms with E-state index >= 15 is 0 Å². The number of ketones is 4. The Morgan fingerprint density at radius 2 is 1.57 bits per heavy atom. The fourth-order valence-corrected chi connectivity index (χ4v) is 8.33. The second-order valence-corrected chi connectivity index (χ2v) is 13.6. The van der Waals surface area contributed by atoms with Crippen LogP contribution in [0, 0.1) is 18.8 Å². The van der Waals surface area contributed by atoms with Crippen molar-refractivity contribution >= 4 is 72.0 Å². The van der Waals surface area contributed by atoms with Crippen molar-refractivity contribution in [2.75, 3.05) is 31.2 Å². The number of hydrogen-bond acceptors (Lipinski definition) is 8. The molecule has 0 N–H and O–H groups in total. The van der Waals surface area contributed by atoms with E-state index in [9.17, 15) is 19.2 Å². The zero-order valence-corrected chi connectivity index (χ0v) is 25.3. The maximum absolute atomic E-state index is 14.2. The molecular formula is C30H23Br2NO6S. The minimum Gasteiger partial charge on any atom is -0.378 e. The van der Waals surface area contributed by atoms with Gasteiger partial charge in [-0.1, -0.05) is 18.2 Å². The lowest BCUT2D eigenvalue weighted by atomic mass is 9.77.